The van der Waals surface area contributed by atoms with Crippen molar-refractivity contribution in [2.75, 3.05) is 4.90 Å². The third-order valence-electron chi connectivity index (χ3n) is 4.07. The van der Waals surface area contributed by atoms with Crippen LogP contribution in [0, 0.1) is 0 Å². The van der Waals surface area contributed by atoms with Gasteiger partial charge in [0, 0.05) is 0 Å². The third kappa shape index (κ3) is 5.88. The Balaban J connectivity index is 2.42. The Morgan fingerprint density at radius 1 is 1.00 bits per heavy atom. The van der Waals surface area contributed by atoms with E-state index in [0.29, 0.717) is 0 Å². The molecule has 8 nitrogen and oxygen atoms in total. The van der Waals surface area contributed by atoms with E-state index in [-0.39, 0.29) is 17.9 Å². The summed E-state index contributed by atoms with van der Waals surface area (Å²) in [6, 6.07) is 14.2. The van der Waals surface area contributed by atoms with E-state index in [0.717, 1.165) is 10.5 Å². The minimum absolute atomic E-state index is 0.0279. The fraction of sp³-hybridized carbons (Fsp3) is 0.318. The van der Waals surface area contributed by atoms with E-state index in [1.165, 1.54) is 19.1 Å². The lowest BCUT2D eigenvalue weighted by Gasteiger charge is -2.32. The molecule has 0 fully saturated rings. The third-order valence-corrected chi connectivity index (χ3v) is 4.07. The molecule has 30 heavy (non-hydrogen) atoms. The van der Waals surface area contributed by atoms with Crippen LogP contribution in [0.4, 0.5) is 5.69 Å². The molecular formula is C22H26N2O6. The predicted molar refractivity (Wildman–Crippen MR) is 111 cm³/mol. The van der Waals surface area contributed by atoms with E-state index in [1.54, 1.807) is 26.0 Å². The quantitative estimate of drug-likeness (QED) is 0.478. The molecule has 1 unspecified atom stereocenters. The molecule has 8 heteroatoms. The van der Waals surface area contributed by atoms with E-state index in [1.807, 2.05) is 30.3 Å². The van der Waals surface area contributed by atoms with Crippen molar-refractivity contribution in [3.8, 4) is 0 Å². The summed E-state index contributed by atoms with van der Waals surface area (Å²) in [5.41, 5.74) is 6.61. The van der Waals surface area contributed by atoms with Crippen LogP contribution in [0.3, 0.4) is 0 Å². The van der Waals surface area contributed by atoms with Gasteiger partial charge in [0.2, 0.25) is 12.1 Å². The van der Waals surface area contributed by atoms with Gasteiger partial charge < -0.3 is 20.3 Å². The van der Waals surface area contributed by atoms with Gasteiger partial charge >= 0.3 is 11.9 Å². The van der Waals surface area contributed by atoms with Crippen molar-refractivity contribution in [3.63, 3.8) is 0 Å². The number of nitrogens with two attached hydrogens (primary N) is 1. The van der Waals surface area contributed by atoms with Crippen LogP contribution in [0.15, 0.2) is 54.6 Å². The van der Waals surface area contributed by atoms with Gasteiger partial charge in [0.05, 0.1) is 23.4 Å². The Morgan fingerprint density at radius 2 is 1.60 bits per heavy atom. The number of hydrogen-bond donors (Lipinski definition) is 2. The van der Waals surface area contributed by atoms with Gasteiger partial charge in [-0.25, -0.2) is 9.59 Å². The number of carbonyl (C=O) groups excluding carboxylic acids is 2. The van der Waals surface area contributed by atoms with Crippen molar-refractivity contribution >= 4 is 23.5 Å². The average Bonchev–Trinajstić information content (AvgIpc) is 2.72. The molecule has 0 spiro atoms. The lowest BCUT2D eigenvalue weighted by molar-refractivity contribution is -0.155. The summed E-state index contributed by atoms with van der Waals surface area (Å²) in [6.45, 7) is 4.75. The molecule has 2 rings (SSSR count). The Hall–Kier alpha value is -3.23. The van der Waals surface area contributed by atoms with Crippen LogP contribution >= 0.6 is 0 Å². The summed E-state index contributed by atoms with van der Waals surface area (Å²) >= 11 is 0. The number of carboxylic acid groups (broad SMARTS) is 1. The maximum Gasteiger partial charge on any atom is 0.354 e. The van der Waals surface area contributed by atoms with Crippen molar-refractivity contribution in [1.82, 2.24) is 0 Å². The van der Waals surface area contributed by atoms with Gasteiger partial charge in [-0.2, -0.15) is 0 Å². The highest BCUT2D eigenvalue weighted by Crippen LogP contribution is 2.26. The highest BCUT2D eigenvalue weighted by molar-refractivity contribution is 6.06. The zero-order valence-electron chi connectivity index (χ0n) is 17.1. The lowest BCUT2D eigenvalue weighted by Crippen LogP contribution is -2.53. The first-order chi connectivity index (χ1) is 14.2. The molecule has 0 radical (unpaired) electrons. The molecule has 160 valence electrons. The van der Waals surface area contributed by atoms with Crippen LogP contribution in [-0.4, -0.2) is 41.3 Å². The maximum absolute atomic E-state index is 12.8. The van der Waals surface area contributed by atoms with Gasteiger partial charge in [-0.05, 0) is 38.5 Å². The van der Waals surface area contributed by atoms with Gasteiger partial charge in [-0.1, -0.05) is 42.5 Å². The summed E-state index contributed by atoms with van der Waals surface area (Å²) in [5.74, 6) is -2.79. The molecule has 0 saturated carbocycles. The van der Waals surface area contributed by atoms with Crippen molar-refractivity contribution < 1.29 is 29.0 Å². The molecule has 0 aliphatic rings. The summed E-state index contributed by atoms with van der Waals surface area (Å²) in [4.78, 5) is 38.4. The number of para-hydroxylation sites is 1. The number of amides is 1. The van der Waals surface area contributed by atoms with E-state index in [4.69, 9.17) is 15.2 Å². The van der Waals surface area contributed by atoms with Crippen LogP contribution < -0.4 is 10.6 Å². The number of ether oxygens (including phenoxy) is 2. The van der Waals surface area contributed by atoms with Crippen molar-refractivity contribution in [2.45, 2.75) is 45.8 Å². The van der Waals surface area contributed by atoms with Crippen LogP contribution in [0.2, 0.25) is 0 Å². The van der Waals surface area contributed by atoms with Crippen LogP contribution in [0.1, 0.15) is 36.7 Å². The first kappa shape index (κ1) is 23.1. The Morgan fingerprint density at radius 3 is 2.17 bits per heavy atom. The number of carboxylic acids is 1. The summed E-state index contributed by atoms with van der Waals surface area (Å²) in [7, 11) is 0. The van der Waals surface area contributed by atoms with E-state index in [2.05, 4.69) is 0 Å². The number of anilines is 1. The first-order valence-corrected chi connectivity index (χ1v) is 9.49. The van der Waals surface area contributed by atoms with E-state index >= 15 is 0 Å². The number of esters is 1. The fourth-order valence-corrected chi connectivity index (χ4v) is 2.72. The summed E-state index contributed by atoms with van der Waals surface area (Å²) in [6.07, 6.45) is -2.15. The Labute approximate surface area is 175 Å². The van der Waals surface area contributed by atoms with E-state index in [9.17, 15) is 19.5 Å². The van der Waals surface area contributed by atoms with Crippen LogP contribution in [0.25, 0.3) is 0 Å². The molecule has 2 aromatic rings. The zero-order chi connectivity index (χ0) is 22.3. The minimum Gasteiger partial charge on any atom is -0.478 e. The topological polar surface area (TPSA) is 119 Å². The SMILES string of the molecule is CC(C)OC(C(=O)O)N(C(=O)[C@H](C)N)c1ccccc1C(=O)OCc1ccccc1. The summed E-state index contributed by atoms with van der Waals surface area (Å²) < 4.78 is 10.8. The van der Waals surface area contributed by atoms with Crippen LogP contribution in [0.5, 0.6) is 0 Å². The normalized spacial score (nSPS) is 12.8. The number of benzene rings is 2. The van der Waals surface area contributed by atoms with Gasteiger partial charge in [-0.3, -0.25) is 9.69 Å². The van der Waals surface area contributed by atoms with Gasteiger partial charge in [-0.15, -0.1) is 0 Å². The maximum atomic E-state index is 12.8. The number of rotatable bonds is 9. The fourth-order valence-electron chi connectivity index (χ4n) is 2.72. The van der Waals surface area contributed by atoms with Gasteiger partial charge in [0.15, 0.2) is 0 Å². The predicted octanol–water partition coefficient (Wildman–Crippen LogP) is 2.56. The largest absolute Gasteiger partial charge is 0.478 e. The number of hydrogen-bond acceptors (Lipinski definition) is 6. The van der Waals surface area contributed by atoms with Crippen molar-refractivity contribution in [3.05, 3.63) is 65.7 Å². The smallest absolute Gasteiger partial charge is 0.354 e. The molecule has 0 saturated heterocycles. The van der Waals surface area contributed by atoms with Crippen LogP contribution in [-0.2, 0) is 25.7 Å². The highest BCUT2D eigenvalue weighted by atomic mass is 16.5. The van der Waals surface area contributed by atoms with E-state index < -0.39 is 36.2 Å². The molecule has 0 bridgehead atoms. The molecular weight excluding hydrogens is 388 g/mol. The Bertz CT molecular complexity index is 882. The standard InChI is InChI=1S/C22H26N2O6/c1-14(2)30-20(21(26)27)24(19(25)15(3)23)18-12-8-7-11-17(18)22(28)29-13-16-9-5-4-6-10-16/h4-12,14-15,20H,13,23H2,1-3H3,(H,26,27)/t15-,20?/m0/s1. The zero-order valence-corrected chi connectivity index (χ0v) is 17.1. The second kappa shape index (κ2) is 10.5. The number of nitrogens with zero attached hydrogens (tertiary/aromatic N) is 1. The molecule has 0 aromatic heterocycles. The van der Waals surface area contributed by atoms with Crippen molar-refractivity contribution in [2.24, 2.45) is 5.73 Å². The molecule has 2 aromatic carbocycles. The monoisotopic (exact) mass is 414 g/mol. The highest BCUT2D eigenvalue weighted by Gasteiger charge is 2.36. The molecule has 0 aliphatic heterocycles. The lowest BCUT2D eigenvalue weighted by atomic mass is 10.1. The summed E-state index contributed by atoms with van der Waals surface area (Å²) in [5, 5.41) is 9.69. The molecule has 0 heterocycles. The average molecular weight is 414 g/mol. The van der Waals surface area contributed by atoms with Gasteiger partial charge in [0.1, 0.15) is 6.61 Å². The Kier molecular flexibility index (Phi) is 8.08. The first-order valence-electron chi connectivity index (χ1n) is 9.49. The molecule has 0 aliphatic carbocycles. The number of aliphatic carboxylic acids is 1. The second-order valence-corrected chi connectivity index (χ2v) is 6.95. The van der Waals surface area contributed by atoms with Gasteiger partial charge in [0.25, 0.3) is 0 Å². The van der Waals surface area contributed by atoms with Crippen molar-refractivity contribution in [1.29, 1.82) is 0 Å². The molecule has 1 amide bonds. The molecule has 2 atom stereocenters. The minimum atomic E-state index is -1.66. The molecule has 3 N–H and O–H groups in total. The number of carbonyl (C=O) groups is 3. The second-order valence-electron chi connectivity index (χ2n) is 6.95.